The van der Waals surface area contributed by atoms with E-state index in [1.165, 1.54) is 38.4 Å². The molecule has 11 nitrogen and oxygen atoms in total. The lowest BCUT2D eigenvalue weighted by molar-refractivity contribution is -0.159. The summed E-state index contributed by atoms with van der Waals surface area (Å²) in [6, 6.07) is 6.49. The summed E-state index contributed by atoms with van der Waals surface area (Å²) in [6.07, 6.45) is 1.17. The van der Waals surface area contributed by atoms with Crippen molar-refractivity contribution in [3.63, 3.8) is 0 Å². The lowest BCUT2D eigenvalue weighted by Crippen LogP contribution is -2.46. The molecular formula is C29H39FN2O9. The van der Waals surface area contributed by atoms with Crippen molar-refractivity contribution in [1.29, 1.82) is 0 Å². The SMILES string of the molecule is CCOCC(=O)OCOc1c(OC)ccnc1C(=O)N[C@@H](C)C(=O)O[C@@H](C)[C@H](Cc1ccc(F)cc1)C(C)(C)OC. The zero-order valence-electron chi connectivity index (χ0n) is 24.5. The second-order valence-corrected chi connectivity index (χ2v) is 9.69. The number of hydrogen-bond donors (Lipinski definition) is 1. The molecule has 0 radical (unpaired) electrons. The Morgan fingerprint density at radius 2 is 1.76 bits per heavy atom. The van der Waals surface area contributed by atoms with Crippen LogP contribution in [0, 0.1) is 11.7 Å². The Morgan fingerprint density at radius 1 is 1.07 bits per heavy atom. The van der Waals surface area contributed by atoms with Crippen LogP contribution in [-0.2, 0) is 35.0 Å². The fraction of sp³-hybridized carbons (Fsp3) is 0.517. The van der Waals surface area contributed by atoms with E-state index in [0.717, 1.165) is 5.56 Å². The van der Waals surface area contributed by atoms with Crippen LogP contribution in [0.4, 0.5) is 4.39 Å². The first-order valence-corrected chi connectivity index (χ1v) is 13.1. The smallest absolute Gasteiger partial charge is 0.334 e. The van der Waals surface area contributed by atoms with Crippen molar-refractivity contribution in [3.05, 3.63) is 53.6 Å². The molecule has 41 heavy (non-hydrogen) atoms. The molecule has 0 aliphatic rings. The molecule has 1 aromatic carbocycles. The van der Waals surface area contributed by atoms with Crippen molar-refractivity contribution in [3.8, 4) is 11.5 Å². The van der Waals surface area contributed by atoms with Gasteiger partial charge in [0.1, 0.15) is 24.6 Å². The third-order valence-corrected chi connectivity index (χ3v) is 6.51. The first-order valence-electron chi connectivity index (χ1n) is 13.1. The lowest BCUT2D eigenvalue weighted by atomic mass is 9.81. The minimum absolute atomic E-state index is 0.0770. The standard InChI is InChI=1S/C29H39FN2O9/c1-8-38-16-24(33)39-17-40-26-23(36-6)13-14-31-25(26)27(34)32-18(2)28(35)41-19(3)22(29(4,5)37-7)15-20-9-11-21(30)12-10-20/h9-14,18-19,22H,8,15-17H2,1-7H3,(H,32,34)/t18-,19-,22-/m0/s1. The van der Waals surface area contributed by atoms with Crippen LogP contribution in [0.2, 0.25) is 0 Å². The molecule has 0 aliphatic heterocycles. The van der Waals surface area contributed by atoms with Crippen molar-refractivity contribution in [1.82, 2.24) is 10.3 Å². The minimum Gasteiger partial charge on any atom is -0.493 e. The second-order valence-electron chi connectivity index (χ2n) is 9.69. The van der Waals surface area contributed by atoms with Crippen LogP contribution in [0.3, 0.4) is 0 Å². The number of amides is 1. The minimum atomic E-state index is -1.06. The van der Waals surface area contributed by atoms with Crippen LogP contribution < -0.4 is 14.8 Å². The molecule has 1 amide bonds. The maximum Gasteiger partial charge on any atom is 0.334 e. The molecule has 0 saturated heterocycles. The van der Waals surface area contributed by atoms with Crippen LogP contribution >= 0.6 is 0 Å². The number of aromatic nitrogens is 1. The highest BCUT2D eigenvalue weighted by Crippen LogP contribution is 2.31. The number of methoxy groups -OCH3 is 2. The summed E-state index contributed by atoms with van der Waals surface area (Å²) in [7, 11) is 2.94. The summed E-state index contributed by atoms with van der Waals surface area (Å²) in [5.74, 6) is -2.63. The topological polar surface area (TPSA) is 132 Å². The molecule has 1 aromatic heterocycles. The number of pyridine rings is 1. The van der Waals surface area contributed by atoms with Gasteiger partial charge < -0.3 is 33.7 Å². The van der Waals surface area contributed by atoms with E-state index >= 15 is 0 Å². The molecule has 226 valence electrons. The Labute approximate surface area is 239 Å². The van der Waals surface area contributed by atoms with Crippen molar-refractivity contribution < 1.29 is 47.2 Å². The monoisotopic (exact) mass is 578 g/mol. The van der Waals surface area contributed by atoms with Crippen molar-refractivity contribution >= 4 is 17.8 Å². The average Bonchev–Trinajstić information content (AvgIpc) is 2.95. The first kappa shape index (κ1) is 33.4. The summed E-state index contributed by atoms with van der Waals surface area (Å²) in [6.45, 7) is 8.27. The summed E-state index contributed by atoms with van der Waals surface area (Å²) < 4.78 is 45.5. The summed E-state index contributed by atoms with van der Waals surface area (Å²) in [5.41, 5.74) is -0.0257. The van der Waals surface area contributed by atoms with E-state index in [1.54, 1.807) is 33.1 Å². The predicted molar refractivity (Wildman–Crippen MR) is 146 cm³/mol. The van der Waals surface area contributed by atoms with E-state index in [9.17, 15) is 18.8 Å². The van der Waals surface area contributed by atoms with Gasteiger partial charge >= 0.3 is 11.9 Å². The molecule has 0 spiro atoms. The number of rotatable bonds is 16. The highest BCUT2D eigenvalue weighted by atomic mass is 19.1. The average molecular weight is 579 g/mol. The second kappa shape index (κ2) is 15.9. The van der Waals surface area contributed by atoms with Crippen LogP contribution in [0.25, 0.3) is 0 Å². The third-order valence-electron chi connectivity index (χ3n) is 6.51. The number of nitrogens with one attached hydrogen (secondary N) is 1. The summed E-state index contributed by atoms with van der Waals surface area (Å²) in [4.78, 5) is 41.8. The lowest BCUT2D eigenvalue weighted by Gasteiger charge is -2.37. The summed E-state index contributed by atoms with van der Waals surface area (Å²) >= 11 is 0. The van der Waals surface area contributed by atoms with Crippen LogP contribution in [-0.4, -0.2) is 74.8 Å². The fourth-order valence-corrected chi connectivity index (χ4v) is 3.97. The van der Waals surface area contributed by atoms with E-state index in [-0.39, 0.29) is 35.5 Å². The molecule has 0 fully saturated rings. The van der Waals surface area contributed by atoms with Crippen molar-refractivity contribution in [2.75, 3.05) is 34.2 Å². The number of carbonyl (C=O) groups is 3. The van der Waals surface area contributed by atoms with Gasteiger partial charge in [-0.05, 0) is 58.7 Å². The molecule has 1 N–H and O–H groups in total. The highest BCUT2D eigenvalue weighted by molar-refractivity contribution is 5.98. The van der Waals surface area contributed by atoms with Crippen molar-refractivity contribution in [2.45, 2.75) is 58.8 Å². The zero-order valence-corrected chi connectivity index (χ0v) is 24.5. The van der Waals surface area contributed by atoms with Gasteiger partial charge in [0.05, 0.1) is 12.7 Å². The van der Waals surface area contributed by atoms with E-state index in [4.69, 9.17) is 28.4 Å². The predicted octanol–water partition coefficient (Wildman–Crippen LogP) is 3.48. The maximum atomic E-state index is 13.4. The Balaban J connectivity index is 2.10. The molecule has 2 aromatic rings. The Bertz CT molecular complexity index is 1160. The maximum absolute atomic E-state index is 13.4. The summed E-state index contributed by atoms with van der Waals surface area (Å²) in [5, 5.41) is 2.56. The van der Waals surface area contributed by atoms with Gasteiger partial charge in [-0.15, -0.1) is 0 Å². The molecule has 0 saturated carbocycles. The van der Waals surface area contributed by atoms with Gasteiger partial charge in [0.2, 0.25) is 6.79 Å². The molecule has 12 heteroatoms. The number of hydrogen-bond acceptors (Lipinski definition) is 10. The first-order chi connectivity index (χ1) is 19.4. The molecule has 3 atom stereocenters. The zero-order chi connectivity index (χ0) is 30.6. The van der Waals surface area contributed by atoms with Gasteiger partial charge in [-0.2, -0.15) is 0 Å². The van der Waals surface area contributed by atoms with Crippen LogP contribution in [0.5, 0.6) is 11.5 Å². The van der Waals surface area contributed by atoms with Gasteiger partial charge in [-0.25, -0.2) is 19.0 Å². The number of nitrogens with zero attached hydrogens (tertiary/aromatic N) is 1. The van der Waals surface area contributed by atoms with E-state index in [1.807, 2.05) is 13.8 Å². The number of carbonyl (C=O) groups excluding carboxylic acids is 3. The molecule has 2 rings (SSSR count). The number of esters is 2. The fourth-order valence-electron chi connectivity index (χ4n) is 3.97. The van der Waals surface area contributed by atoms with Gasteiger partial charge in [-0.1, -0.05) is 12.1 Å². The van der Waals surface area contributed by atoms with Crippen LogP contribution in [0.1, 0.15) is 50.7 Å². The number of halogens is 1. The molecular weight excluding hydrogens is 539 g/mol. The quantitative estimate of drug-likeness (QED) is 0.233. The molecule has 0 bridgehead atoms. The van der Waals surface area contributed by atoms with Gasteiger partial charge in [0, 0.05) is 31.9 Å². The van der Waals surface area contributed by atoms with Crippen LogP contribution in [0.15, 0.2) is 36.5 Å². The molecule has 1 heterocycles. The largest absolute Gasteiger partial charge is 0.493 e. The number of benzene rings is 1. The van der Waals surface area contributed by atoms with E-state index in [0.29, 0.717) is 13.0 Å². The number of ether oxygens (including phenoxy) is 6. The highest BCUT2D eigenvalue weighted by Gasteiger charge is 2.37. The van der Waals surface area contributed by atoms with Crippen molar-refractivity contribution in [2.24, 2.45) is 5.92 Å². The third kappa shape index (κ3) is 9.98. The molecule has 0 unspecified atom stereocenters. The van der Waals surface area contributed by atoms with Gasteiger partial charge in [0.25, 0.3) is 5.91 Å². The Morgan fingerprint density at radius 3 is 2.37 bits per heavy atom. The van der Waals surface area contributed by atoms with Gasteiger partial charge in [-0.3, -0.25) is 4.79 Å². The Kier molecular flexibility index (Phi) is 12.9. The molecule has 0 aliphatic carbocycles. The normalized spacial score (nSPS) is 13.5. The Hall–Kier alpha value is -3.77. The van der Waals surface area contributed by atoms with E-state index < -0.39 is 42.4 Å². The van der Waals surface area contributed by atoms with Gasteiger partial charge in [0.15, 0.2) is 17.2 Å². The van der Waals surface area contributed by atoms with E-state index in [2.05, 4.69) is 10.3 Å².